The van der Waals surface area contributed by atoms with Crippen molar-refractivity contribution in [1.29, 1.82) is 0 Å². The molecule has 78 valence electrons. The van der Waals surface area contributed by atoms with Crippen LogP contribution in [0, 0.1) is 0 Å². The molecule has 0 radical (unpaired) electrons. The van der Waals surface area contributed by atoms with Crippen LogP contribution in [0.1, 0.15) is 33.1 Å². The Bertz CT molecular complexity index is 242. The Labute approximate surface area is 80.8 Å². The molecule has 1 fully saturated rings. The molecule has 1 rings (SSSR count). The van der Waals surface area contributed by atoms with Gasteiger partial charge in [0, 0.05) is 6.04 Å². The van der Waals surface area contributed by atoms with E-state index >= 15 is 0 Å². The molecule has 1 aliphatic rings. The van der Waals surface area contributed by atoms with Crippen molar-refractivity contribution in [2.24, 2.45) is 0 Å². The average molecular weight is 205 g/mol. The van der Waals surface area contributed by atoms with Crippen LogP contribution in [0.15, 0.2) is 0 Å². The minimum atomic E-state index is -2.73. The van der Waals surface area contributed by atoms with E-state index in [2.05, 4.69) is 19.2 Å². The minimum absolute atomic E-state index is 0.00606. The summed E-state index contributed by atoms with van der Waals surface area (Å²) < 4.78 is 22.8. The van der Waals surface area contributed by atoms with Gasteiger partial charge in [0.2, 0.25) is 0 Å². The first-order chi connectivity index (χ1) is 6.02. The van der Waals surface area contributed by atoms with Crippen LogP contribution >= 0.6 is 0 Å². The first kappa shape index (κ1) is 11.0. The maximum absolute atomic E-state index is 11.4. The summed E-state index contributed by atoms with van der Waals surface area (Å²) in [5.41, 5.74) is 0. The van der Waals surface area contributed by atoms with Crippen molar-refractivity contribution in [3.8, 4) is 0 Å². The van der Waals surface area contributed by atoms with Gasteiger partial charge >= 0.3 is 0 Å². The van der Waals surface area contributed by atoms with E-state index in [9.17, 15) is 8.42 Å². The Morgan fingerprint density at radius 1 is 1.38 bits per heavy atom. The Morgan fingerprint density at radius 3 is 2.46 bits per heavy atom. The molecule has 0 aromatic rings. The van der Waals surface area contributed by atoms with Gasteiger partial charge in [-0.15, -0.1) is 0 Å². The molecule has 0 aromatic carbocycles. The zero-order chi connectivity index (χ0) is 9.90. The third-order valence-corrected chi connectivity index (χ3v) is 4.54. The second-order valence-corrected chi connectivity index (χ2v) is 6.43. The van der Waals surface area contributed by atoms with Crippen LogP contribution < -0.4 is 5.32 Å². The molecule has 1 saturated carbocycles. The van der Waals surface area contributed by atoms with Gasteiger partial charge < -0.3 is 5.32 Å². The second-order valence-electron chi connectivity index (χ2n) is 4.03. The second kappa shape index (κ2) is 4.42. The van der Waals surface area contributed by atoms with Crippen LogP contribution in [0.2, 0.25) is 0 Å². The molecule has 0 heterocycles. The fourth-order valence-corrected chi connectivity index (χ4v) is 2.99. The molecule has 0 bridgehead atoms. The molecule has 1 N–H and O–H groups in total. The zero-order valence-corrected chi connectivity index (χ0v) is 9.23. The lowest BCUT2D eigenvalue weighted by Gasteiger charge is -2.07. The normalized spacial score (nSPS) is 18.1. The molecule has 3 nitrogen and oxygen atoms in total. The van der Waals surface area contributed by atoms with Gasteiger partial charge in [-0.25, -0.2) is 8.42 Å². The van der Waals surface area contributed by atoms with Gasteiger partial charge in [-0.1, -0.05) is 13.8 Å². The van der Waals surface area contributed by atoms with Crippen LogP contribution in [0.25, 0.3) is 0 Å². The predicted molar refractivity (Wildman–Crippen MR) is 54.6 cm³/mol. The molecular formula is C9H19NO2S. The van der Waals surface area contributed by atoms with Crippen molar-refractivity contribution in [2.75, 3.05) is 12.3 Å². The van der Waals surface area contributed by atoms with Crippen LogP contribution in [0.5, 0.6) is 0 Å². The molecule has 0 spiro atoms. The van der Waals surface area contributed by atoms with E-state index in [1.54, 1.807) is 0 Å². The molecule has 0 aromatic heterocycles. The fraction of sp³-hybridized carbons (Fsp3) is 1.00. The SMILES string of the molecule is CC(C)NCCCS(=O)(=O)C1CC1. The summed E-state index contributed by atoms with van der Waals surface area (Å²) in [7, 11) is -2.73. The Hall–Kier alpha value is -0.0900. The lowest BCUT2D eigenvalue weighted by atomic mass is 10.4. The van der Waals surface area contributed by atoms with E-state index in [1.807, 2.05) is 0 Å². The predicted octanol–water partition coefficient (Wildman–Crippen LogP) is 0.952. The third kappa shape index (κ3) is 4.09. The number of rotatable bonds is 6. The first-order valence-corrected chi connectivity index (χ1v) is 6.69. The van der Waals surface area contributed by atoms with E-state index < -0.39 is 9.84 Å². The van der Waals surface area contributed by atoms with Crippen LogP contribution in [-0.2, 0) is 9.84 Å². The van der Waals surface area contributed by atoms with Crippen molar-refractivity contribution in [1.82, 2.24) is 5.32 Å². The van der Waals surface area contributed by atoms with Gasteiger partial charge in [-0.2, -0.15) is 0 Å². The molecule has 0 amide bonds. The van der Waals surface area contributed by atoms with Gasteiger partial charge in [0.25, 0.3) is 0 Å². The third-order valence-electron chi connectivity index (χ3n) is 2.19. The van der Waals surface area contributed by atoms with Crippen molar-refractivity contribution >= 4 is 9.84 Å². The zero-order valence-electron chi connectivity index (χ0n) is 8.41. The van der Waals surface area contributed by atoms with Crippen molar-refractivity contribution in [3.63, 3.8) is 0 Å². The number of sulfone groups is 1. The van der Waals surface area contributed by atoms with E-state index in [0.29, 0.717) is 11.8 Å². The molecule has 0 atom stereocenters. The van der Waals surface area contributed by atoms with Gasteiger partial charge in [0.15, 0.2) is 9.84 Å². The summed E-state index contributed by atoms with van der Waals surface area (Å²) in [4.78, 5) is 0. The monoisotopic (exact) mass is 205 g/mol. The minimum Gasteiger partial charge on any atom is -0.314 e. The summed E-state index contributed by atoms with van der Waals surface area (Å²) in [5, 5.41) is 3.22. The maximum atomic E-state index is 11.4. The number of hydrogen-bond donors (Lipinski definition) is 1. The summed E-state index contributed by atoms with van der Waals surface area (Å²) in [5.74, 6) is 0.359. The quantitative estimate of drug-likeness (QED) is 0.657. The Kier molecular flexibility index (Phi) is 3.74. The van der Waals surface area contributed by atoms with Crippen LogP contribution in [0.3, 0.4) is 0 Å². The number of hydrogen-bond acceptors (Lipinski definition) is 3. The Morgan fingerprint density at radius 2 is 2.00 bits per heavy atom. The van der Waals surface area contributed by atoms with E-state index in [-0.39, 0.29) is 5.25 Å². The Balaban J connectivity index is 2.11. The van der Waals surface area contributed by atoms with Gasteiger partial charge in [-0.05, 0) is 25.8 Å². The summed E-state index contributed by atoms with van der Waals surface area (Å²) in [6, 6.07) is 0.448. The van der Waals surface area contributed by atoms with Gasteiger partial charge in [-0.3, -0.25) is 0 Å². The maximum Gasteiger partial charge on any atom is 0.153 e. The fourth-order valence-electron chi connectivity index (χ4n) is 1.26. The molecule has 0 unspecified atom stereocenters. The lowest BCUT2D eigenvalue weighted by molar-refractivity contribution is 0.568. The molecule has 13 heavy (non-hydrogen) atoms. The lowest BCUT2D eigenvalue weighted by Crippen LogP contribution is -2.25. The van der Waals surface area contributed by atoms with Crippen LogP contribution in [0.4, 0.5) is 0 Å². The standard InChI is InChI=1S/C9H19NO2S/c1-8(2)10-6-3-7-13(11,12)9-4-5-9/h8-10H,3-7H2,1-2H3. The number of nitrogens with one attached hydrogen (secondary N) is 1. The van der Waals surface area contributed by atoms with Crippen molar-refractivity contribution in [2.45, 2.75) is 44.4 Å². The molecule has 4 heteroatoms. The highest BCUT2D eigenvalue weighted by Gasteiger charge is 2.34. The van der Waals surface area contributed by atoms with Gasteiger partial charge in [0.05, 0.1) is 11.0 Å². The highest BCUT2D eigenvalue weighted by Crippen LogP contribution is 2.29. The van der Waals surface area contributed by atoms with Crippen molar-refractivity contribution in [3.05, 3.63) is 0 Å². The molecular weight excluding hydrogens is 186 g/mol. The summed E-state index contributed by atoms with van der Waals surface area (Å²) >= 11 is 0. The average Bonchev–Trinajstić information content (AvgIpc) is 2.79. The molecule has 0 saturated heterocycles. The van der Waals surface area contributed by atoms with E-state index in [0.717, 1.165) is 25.8 Å². The van der Waals surface area contributed by atoms with Crippen LogP contribution in [-0.4, -0.2) is 32.0 Å². The molecule has 0 aliphatic heterocycles. The summed E-state index contributed by atoms with van der Waals surface area (Å²) in [6.45, 7) is 4.94. The highest BCUT2D eigenvalue weighted by molar-refractivity contribution is 7.92. The van der Waals surface area contributed by atoms with Gasteiger partial charge in [0.1, 0.15) is 0 Å². The largest absolute Gasteiger partial charge is 0.314 e. The smallest absolute Gasteiger partial charge is 0.153 e. The van der Waals surface area contributed by atoms with E-state index in [1.165, 1.54) is 0 Å². The summed E-state index contributed by atoms with van der Waals surface area (Å²) in [6.07, 6.45) is 2.52. The molecule has 1 aliphatic carbocycles. The van der Waals surface area contributed by atoms with Crippen molar-refractivity contribution < 1.29 is 8.42 Å². The highest BCUT2D eigenvalue weighted by atomic mass is 32.2. The first-order valence-electron chi connectivity index (χ1n) is 4.97. The van der Waals surface area contributed by atoms with E-state index in [4.69, 9.17) is 0 Å². The topological polar surface area (TPSA) is 46.2 Å².